The third-order valence-corrected chi connectivity index (χ3v) is 19.9. The zero-order chi connectivity index (χ0) is 43.9. The van der Waals surface area contributed by atoms with E-state index in [9.17, 15) is 30.0 Å². The number of carboxylic acid groups (broad SMARTS) is 1. The van der Waals surface area contributed by atoms with Crippen LogP contribution >= 0.6 is 0 Å². The molecule has 0 bridgehead atoms. The summed E-state index contributed by atoms with van der Waals surface area (Å²) in [4.78, 5) is 26.2. The summed E-state index contributed by atoms with van der Waals surface area (Å²) in [5, 5.41) is 45.3. The third kappa shape index (κ3) is 7.17. The van der Waals surface area contributed by atoms with Gasteiger partial charge in [0.1, 0.15) is 5.60 Å². The van der Waals surface area contributed by atoms with E-state index in [1.807, 2.05) is 13.0 Å². The molecule has 0 aliphatic heterocycles. The molecule has 0 amide bonds. The quantitative estimate of drug-likeness (QED) is 0.172. The summed E-state index contributed by atoms with van der Waals surface area (Å²) in [6.45, 7) is 12.5. The first-order valence-corrected chi connectivity index (χ1v) is 24.6. The number of ether oxygens (including phenoxy) is 1. The lowest BCUT2D eigenvalue weighted by Crippen LogP contribution is -2.62. The van der Waals surface area contributed by atoms with Crippen molar-refractivity contribution >= 4 is 17.4 Å². The van der Waals surface area contributed by atoms with Gasteiger partial charge in [0.15, 0.2) is 5.78 Å². The predicted molar refractivity (Wildman–Crippen MR) is 242 cm³/mol. The molecule has 1 unspecified atom stereocenters. The first-order chi connectivity index (χ1) is 29.5. The van der Waals surface area contributed by atoms with Gasteiger partial charge in [-0.25, -0.2) is 0 Å². The molecule has 6 fully saturated rings. The molecule has 0 saturated heterocycles. The lowest BCUT2D eigenvalue weighted by Gasteiger charge is -2.64. The second kappa shape index (κ2) is 16.5. The fourth-order valence-corrected chi connectivity index (χ4v) is 16.7. The van der Waals surface area contributed by atoms with E-state index in [2.05, 4.69) is 75.7 Å². The van der Waals surface area contributed by atoms with Crippen molar-refractivity contribution in [2.45, 2.75) is 167 Å². The van der Waals surface area contributed by atoms with Crippen LogP contribution in [0.25, 0.3) is 0 Å². The van der Waals surface area contributed by atoms with Crippen molar-refractivity contribution in [1.29, 1.82) is 0 Å². The summed E-state index contributed by atoms with van der Waals surface area (Å²) in [5.41, 5.74) is 5.30. The Kier molecular flexibility index (Phi) is 11.8. The molecule has 0 heterocycles. The highest BCUT2D eigenvalue weighted by Crippen LogP contribution is 2.70. The number of aliphatic hydroxyl groups excluding tert-OH is 2. The Labute approximate surface area is 371 Å². The number of aliphatic carboxylic acids is 1. The average Bonchev–Trinajstić information content (AvgIpc) is 3.73. The maximum Gasteiger partial charge on any atom is 0.303 e. The highest BCUT2D eigenvalue weighted by molar-refractivity contribution is 5.93. The molecule has 4 N–H and O–H groups in total. The predicted octanol–water partition coefficient (Wildman–Crippen LogP) is 9.26. The topological polar surface area (TPSA) is 128 Å². The van der Waals surface area contributed by atoms with Gasteiger partial charge in [0.25, 0.3) is 0 Å². The molecule has 8 nitrogen and oxygen atoms in total. The molecular formula is C54H75NO7. The normalized spacial score (nSPS) is 43.7. The van der Waals surface area contributed by atoms with E-state index in [0.717, 1.165) is 95.7 Å². The second-order valence-corrected chi connectivity index (χ2v) is 22.6. The molecule has 1 aromatic rings. The zero-order valence-corrected chi connectivity index (χ0v) is 38.5. The Hall–Kier alpha value is -2.96. The Balaban J connectivity index is 0.844. The maximum atomic E-state index is 12.5. The Morgan fingerprint density at radius 3 is 2.40 bits per heavy atom. The number of allylic oxidation sites excluding steroid dienone is 4. The minimum Gasteiger partial charge on any atom is -0.481 e. The number of nitrogens with zero attached hydrogens (tertiary/aromatic N) is 1. The molecular weight excluding hydrogens is 775 g/mol. The van der Waals surface area contributed by atoms with E-state index in [0.29, 0.717) is 43.1 Å². The number of carboxylic acids is 1. The zero-order valence-electron chi connectivity index (χ0n) is 38.5. The van der Waals surface area contributed by atoms with Gasteiger partial charge in [0.05, 0.1) is 24.9 Å². The number of likely N-dealkylation sites (N-methyl/N-ethyl adjacent to an activating group) is 1. The van der Waals surface area contributed by atoms with Crippen LogP contribution in [0.15, 0.2) is 47.1 Å². The summed E-state index contributed by atoms with van der Waals surface area (Å²) in [6, 6.07) is 9.10. The summed E-state index contributed by atoms with van der Waals surface area (Å²) < 4.78 is 6.67. The van der Waals surface area contributed by atoms with Crippen molar-refractivity contribution in [1.82, 2.24) is 0 Å². The van der Waals surface area contributed by atoms with Crippen LogP contribution in [-0.4, -0.2) is 76.3 Å². The number of carbonyl (C=O) groups is 2. The lowest BCUT2D eigenvalue weighted by molar-refractivity contribution is -0.211. The van der Waals surface area contributed by atoms with Crippen molar-refractivity contribution in [3.63, 3.8) is 0 Å². The van der Waals surface area contributed by atoms with Crippen LogP contribution in [0.4, 0.5) is 5.69 Å². The molecule has 8 aliphatic carbocycles. The number of rotatable bonds is 10. The number of hydrogen-bond acceptors (Lipinski definition) is 7. The van der Waals surface area contributed by atoms with E-state index in [-0.39, 0.29) is 64.1 Å². The summed E-state index contributed by atoms with van der Waals surface area (Å²) in [6.07, 6.45) is 14.6. The molecule has 16 atom stereocenters. The van der Waals surface area contributed by atoms with Crippen molar-refractivity contribution in [2.24, 2.45) is 63.6 Å². The molecule has 62 heavy (non-hydrogen) atoms. The average molecular weight is 850 g/mol. The van der Waals surface area contributed by atoms with Gasteiger partial charge in [-0.15, -0.1) is 5.92 Å². The Bertz CT molecular complexity index is 2030. The van der Waals surface area contributed by atoms with E-state index in [1.54, 1.807) is 0 Å². The van der Waals surface area contributed by atoms with Crippen LogP contribution in [0.5, 0.6) is 0 Å². The number of carbonyl (C=O) groups excluding carboxylic acids is 1. The number of hydrogen-bond donors (Lipinski definition) is 4. The number of benzene rings is 1. The smallest absolute Gasteiger partial charge is 0.303 e. The minimum atomic E-state index is -0.985. The SMILES string of the molecule is CC#C[C@]1(O)CC[C@H]2[C@@H]3CCC4=CC(=O)CCC4=C3[C@@H](c3ccc(N(C)CCO[C@H]4CC[C@@]5(C)[C@@H](C4)C[C@@H](O)[C@@H]4[C@@H]5C[C@H](O)C5[C@@H]([C@H](C)CCC(=O)O)CC[C@]54C)cc3)C[C@@]21C. The van der Waals surface area contributed by atoms with Gasteiger partial charge in [-0.2, -0.15) is 0 Å². The molecule has 6 saturated carbocycles. The van der Waals surface area contributed by atoms with Crippen LogP contribution in [0.1, 0.15) is 149 Å². The summed E-state index contributed by atoms with van der Waals surface area (Å²) in [7, 11) is 2.14. The monoisotopic (exact) mass is 850 g/mol. The first-order valence-electron chi connectivity index (χ1n) is 24.6. The molecule has 0 spiro atoms. The van der Waals surface area contributed by atoms with E-state index in [1.165, 1.54) is 22.3 Å². The number of ketones is 1. The number of fused-ring (bicyclic) bond motifs is 9. The fourth-order valence-electron chi connectivity index (χ4n) is 16.7. The Morgan fingerprint density at radius 2 is 1.66 bits per heavy atom. The summed E-state index contributed by atoms with van der Waals surface area (Å²) >= 11 is 0. The highest BCUT2D eigenvalue weighted by Gasteiger charge is 2.66. The second-order valence-electron chi connectivity index (χ2n) is 22.6. The molecule has 338 valence electrons. The van der Waals surface area contributed by atoms with E-state index >= 15 is 0 Å². The molecule has 1 aromatic carbocycles. The molecule has 8 aliphatic rings. The van der Waals surface area contributed by atoms with Gasteiger partial charge in [0, 0.05) is 43.5 Å². The number of aliphatic hydroxyl groups is 3. The maximum absolute atomic E-state index is 12.5. The molecule has 8 heteroatoms. The highest BCUT2D eigenvalue weighted by atomic mass is 16.5. The van der Waals surface area contributed by atoms with Crippen molar-refractivity contribution < 1.29 is 34.8 Å². The number of anilines is 1. The van der Waals surface area contributed by atoms with Crippen molar-refractivity contribution in [2.75, 3.05) is 25.1 Å². The standard InChI is InChI=1S/C54H75NO7/c1-7-21-54(61)24-20-43-41-15-11-34-27-37(56)14-16-40(34)48(41)42(31-53(43,54)5)33-9-12-36(13-10-33)55(6)25-26-62-38-18-22-51(3)35(28-38)29-45(57)50-44(51)30-46(58)49-39(19-23-52(49,50)4)32(2)8-17-47(59)60/h9-10,12-13,27,32,35,38-39,41-46,49-50,57-58,61H,8,11,14-20,22-26,28-31H2,1-6H3,(H,59,60)/t32-,35+,38+,39-,41+,42-,43+,44+,45-,46+,49?,50+,51+,52-,53+,54+/m1/s1. The van der Waals surface area contributed by atoms with Gasteiger partial charge >= 0.3 is 5.97 Å². The van der Waals surface area contributed by atoms with Gasteiger partial charge in [0.2, 0.25) is 0 Å². The van der Waals surface area contributed by atoms with E-state index < -0.39 is 23.8 Å². The van der Waals surface area contributed by atoms with Crippen LogP contribution in [-0.2, 0) is 14.3 Å². The van der Waals surface area contributed by atoms with Crippen molar-refractivity contribution in [3.8, 4) is 11.8 Å². The third-order valence-electron chi connectivity index (χ3n) is 19.9. The largest absolute Gasteiger partial charge is 0.481 e. The molecule has 0 aromatic heterocycles. The van der Waals surface area contributed by atoms with Gasteiger partial charge in [-0.1, -0.05) is 51.3 Å². The molecule has 0 radical (unpaired) electrons. The van der Waals surface area contributed by atoms with Crippen LogP contribution in [0, 0.1) is 75.4 Å². The fraction of sp³-hybridized carbons (Fsp3) is 0.741. The lowest BCUT2D eigenvalue weighted by atomic mass is 9.42. The van der Waals surface area contributed by atoms with E-state index in [4.69, 9.17) is 4.74 Å². The Morgan fingerprint density at radius 1 is 0.919 bits per heavy atom. The van der Waals surface area contributed by atoms with Crippen LogP contribution in [0.2, 0.25) is 0 Å². The van der Waals surface area contributed by atoms with Crippen molar-refractivity contribution in [3.05, 3.63) is 52.6 Å². The van der Waals surface area contributed by atoms with Crippen LogP contribution < -0.4 is 4.90 Å². The van der Waals surface area contributed by atoms with Gasteiger partial charge < -0.3 is 30.1 Å². The van der Waals surface area contributed by atoms with Gasteiger partial charge in [-0.3, -0.25) is 9.59 Å². The van der Waals surface area contributed by atoms with Gasteiger partial charge in [-0.05, 0) is 190 Å². The molecule has 9 rings (SSSR count). The summed E-state index contributed by atoms with van der Waals surface area (Å²) in [5.74, 6) is 8.30. The van der Waals surface area contributed by atoms with Crippen LogP contribution in [0.3, 0.4) is 0 Å². The minimum absolute atomic E-state index is 0.0570. The first kappa shape index (κ1) is 44.3.